The van der Waals surface area contributed by atoms with Gasteiger partial charge in [-0.1, -0.05) is 6.07 Å². The molecule has 0 bridgehead atoms. The Morgan fingerprint density at radius 1 is 1.50 bits per heavy atom. The smallest absolute Gasteiger partial charge is 0.344 e. The van der Waals surface area contributed by atoms with Crippen LogP contribution in [0, 0.1) is 0 Å². The second-order valence-electron chi connectivity index (χ2n) is 3.09. The highest BCUT2D eigenvalue weighted by Gasteiger charge is 2.16. The van der Waals surface area contributed by atoms with Gasteiger partial charge in [0.2, 0.25) is 0 Å². The van der Waals surface area contributed by atoms with Gasteiger partial charge in [0, 0.05) is 0 Å². The van der Waals surface area contributed by atoms with E-state index in [1.807, 2.05) is 0 Å². The maximum absolute atomic E-state index is 10.7. The highest BCUT2D eigenvalue weighted by atomic mass is 16.5. The minimum Gasteiger partial charge on any atom is -0.492 e. The molecule has 0 heterocycles. The van der Waals surface area contributed by atoms with E-state index in [1.54, 1.807) is 18.2 Å². The summed E-state index contributed by atoms with van der Waals surface area (Å²) in [6.07, 6.45) is -0.382. The third-order valence-corrected chi connectivity index (χ3v) is 1.99. The minimum atomic E-state index is -1.08. The average molecular weight is 224 g/mol. The lowest BCUT2D eigenvalue weighted by atomic mass is 10.2. The lowest BCUT2D eigenvalue weighted by Crippen LogP contribution is -2.23. The van der Waals surface area contributed by atoms with E-state index >= 15 is 0 Å². The number of methoxy groups -OCH3 is 1. The molecule has 0 amide bonds. The molecular weight excluding hydrogens is 212 g/mol. The van der Waals surface area contributed by atoms with Crippen LogP contribution in [-0.2, 0) is 4.79 Å². The van der Waals surface area contributed by atoms with Crippen LogP contribution in [0.3, 0.4) is 0 Å². The number of carboxylic acid groups (broad SMARTS) is 1. The second-order valence-corrected chi connectivity index (χ2v) is 3.09. The van der Waals surface area contributed by atoms with Gasteiger partial charge >= 0.3 is 5.97 Å². The molecule has 1 N–H and O–H groups in total. The normalized spacial score (nSPS) is 11.6. The zero-order chi connectivity index (χ0) is 12.1. The van der Waals surface area contributed by atoms with Crippen LogP contribution in [0.25, 0.3) is 0 Å². The first-order chi connectivity index (χ1) is 7.60. The van der Waals surface area contributed by atoms with Crippen molar-refractivity contribution in [2.75, 3.05) is 7.11 Å². The van der Waals surface area contributed by atoms with Gasteiger partial charge in [-0.2, -0.15) is 0 Å². The first kappa shape index (κ1) is 12.0. The summed E-state index contributed by atoms with van der Waals surface area (Å²) >= 11 is 0. The van der Waals surface area contributed by atoms with Gasteiger partial charge in [0.05, 0.1) is 12.7 Å². The van der Waals surface area contributed by atoms with E-state index < -0.39 is 12.1 Å². The van der Waals surface area contributed by atoms with Crippen molar-refractivity contribution in [2.45, 2.75) is 13.0 Å². The van der Waals surface area contributed by atoms with Crippen LogP contribution in [0.2, 0.25) is 0 Å². The molecule has 0 spiro atoms. The standard InChI is InChI=1S/C11H12O5/c1-7(11(13)14)16-9-5-3-4-8(6-12)10(9)15-2/h3-7H,1-2H3,(H,13,14). The van der Waals surface area contributed by atoms with E-state index in [2.05, 4.69) is 0 Å². The molecule has 0 aliphatic carbocycles. The van der Waals surface area contributed by atoms with E-state index in [-0.39, 0.29) is 11.5 Å². The van der Waals surface area contributed by atoms with Crippen LogP contribution in [0.15, 0.2) is 18.2 Å². The highest BCUT2D eigenvalue weighted by molar-refractivity contribution is 5.81. The Hall–Kier alpha value is -2.04. The lowest BCUT2D eigenvalue weighted by Gasteiger charge is -2.14. The van der Waals surface area contributed by atoms with Gasteiger partial charge in [-0.05, 0) is 19.1 Å². The third-order valence-electron chi connectivity index (χ3n) is 1.99. The molecule has 0 fully saturated rings. The largest absolute Gasteiger partial charge is 0.492 e. The molecule has 0 saturated heterocycles. The Bertz CT molecular complexity index is 399. The number of hydrogen-bond donors (Lipinski definition) is 1. The van der Waals surface area contributed by atoms with E-state index in [0.717, 1.165) is 0 Å². The summed E-state index contributed by atoms with van der Waals surface area (Å²) in [4.78, 5) is 21.3. The maximum Gasteiger partial charge on any atom is 0.344 e. The van der Waals surface area contributed by atoms with E-state index in [4.69, 9.17) is 14.6 Å². The molecule has 1 atom stereocenters. The van der Waals surface area contributed by atoms with Crippen molar-refractivity contribution < 1.29 is 24.2 Å². The molecule has 1 rings (SSSR count). The molecule has 5 heteroatoms. The van der Waals surface area contributed by atoms with Crippen LogP contribution < -0.4 is 9.47 Å². The Morgan fingerprint density at radius 3 is 2.69 bits per heavy atom. The fourth-order valence-electron chi connectivity index (χ4n) is 1.18. The number of hydrogen-bond acceptors (Lipinski definition) is 4. The second kappa shape index (κ2) is 5.16. The number of aliphatic carboxylic acids is 1. The molecule has 0 radical (unpaired) electrons. The van der Waals surface area contributed by atoms with E-state index in [1.165, 1.54) is 14.0 Å². The van der Waals surface area contributed by atoms with Crippen LogP contribution in [0.5, 0.6) is 11.5 Å². The fourth-order valence-corrected chi connectivity index (χ4v) is 1.18. The molecule has 0 saturated carbocycles. The Kier molecular flexibility index (Phi) is 3.88. The number of ether oxygens (including phenoxy) is 2. The number of carbonyl (C=O) groups excluding carboxylic acids is 1. The van der Waals surface area contributed by atoms with Gasteiger partial charge < -0.3 is 14.6 Å². The summed E-state index contributed by atoms with van der Waals surface area (Å²) in [5, 5.41) is 8.70. The lowest BCUT2D eigenvalue weighted by molar-refractivity contribution is -0.144. The van der Waals surface area contributed by atoms with Crippen molar-refractivity contribution in [1.82, 2.24) is 0 Å². The summed E-state index contributed by atoms with van der Waals surface area (Å²) in [5.74, 6) is -0.605. The molecular formula is C11H12O5. The first-order valence-corrected chi connectivity index (χ1v) is 4.61. The minimum absolute atomic E-state index is 0.238. The van der Waals surface area contributed by atoms with Gasteiger partial charge in [-0.25, -0.2) is 4.79 Å². The van der Waals surface area contributed by atoms with Gasteiger partial charge in [0.15, 0.2) is 23.9 Å². The maximum atomic E-state index is 10.7. The first-order valence-electron chi connectivity index (χ1n) is 4.61. The third kappa shape index (κ3) is 2.50. The summed E-state index contributed by atoms with van der Waals surface area (Å²) in [7, 11) is 1.39. The van der Waals surface area contributed by atoms with Crippen molar-refractivity contribution in [3.63, 3.8) is 0 Å². The number of carbonyl (C=O) groups is 2. The van der Waals surface area contributed by atoms with Crippen LogP contribution >= 0.6 is 0 Å². The van der Waals surface area contributed by atoms with E-state index in [9.17, 15) is 9.59 Å². The Balaban J connectivity index is 3.03. The van der Waals surface area contributed by atoms with Gasteiger partial charge in [-0.15, -0.1) is 0 Å². The van der Waals surface area contributed by atoms with Gasteiger partial charge in [0.1, 0.15) is 0 Å². The molecule has 86 valence electrons. The van der Waals surface area contributed by atoms with Gasteiger partial charge in [-0.3, -0.25) is 4.79 Å². The number of carboxylic acids is 1. The molecule has 16 heavy (non-hydrogen) atoms. The summed E-state index contributed by atoms with van der Waals surface area (Å²) < 4.78 is 10.2. The predicted octanol–water partition coefficient (Wildman–Crippen LogP) is 1.36. The molecule has 0 aromatic heterocycles. The van der Waals surface area contributed by atoms with Crippen LogP contribution in [0.4, 0.5) is 0 Å². The average Bonchev–Trinajstić information content (AvgIpc) is 2.28. The Morgan fingerprint density at radius 2 is 2.19 bits per heavy atom. The van der Waals surface area contributed by atoms with Crippen molar-refractivity contribution >= 4 is 12.3 Å². The summed E-state index contributed by atoms with van der Waals surface area (Å²) in [6, 6.07) is 4.70. The molecule has 1 aromatic carbocycles. The molecule has 0 aliphatic heterocycles. The number of benzene rings is 1. The van der Waals surface area contributed by atoms with Crippen molar-refractivity contribution in [2.24, 2.45) is 0 Å². The summed E-state index contributed by atoms with van der Waals surface area (Å²) in [5.41, 5.74) is 0.317. The number of para-hydroxylation sites is 1. The zero-order valence-electron chi connectivity index (χ0n) is 8.97. The molecule has 5 nitrogen and oxygen atoms in total. The van der Waals surface area contributed by atoms with Crippen molar-refractivity contribution in [3.05, 3.63) is 23.8 Å². The Labute approximate surface area is 92.6 Å². The highest BCUT2D eigenvalue weighted by Crippen LogP contribution is 2.30. The molecule has 1 unspecified atom stereocenters. The monoisotopic (exact) mass is 224 g/mol. The van der Waals surface area contributed by atoms with E-state index in [0.29, 0.717) is 11.8 Å². The van der Waals surface area contributed by atoms with Crippen molar-refractivity contribution in [3.8, 4) is 11.5 Å². The quantitative estimate of drug-likeness (QED) is 0.764. The number of rotatable bonds is 5. The fraction of sp³-hybridized carbons (Fsp3) is 0.273. The number of aldehydes is 1. The molecule has 1 aromatic rings. The van der Waals surface area contributed by atoms with Gasteiger partial charge in [0.25, 0.3) is 0 Å². The predicted molar refractivity (Wildman–Crippen MR) is 56.1 cm³/mol. The zero-order valence-corrected chi connectivity index (χ0v) is 8.97. The van der Waals surface area contributed by atoms with Crippen LogP contribution in [-0.4, -0.2) is 30.6 Å². The topological polar surface area (TPSA) is 72.8 Å². The summed E-state index contributed by atoms with van der Waals surface area (Å²) in [6.45, 7) is 1.40. The molecule has 0 aliphatic rings. The van der Waals surface area contributed by atoms with Crippen molar-refractivity contribution in [1.29, 1.82) is 0 Å². The SMILES string of the molecule is COc1c(C=O)cccc1OC(C)C(=O)O. The van der Waals surface area contributed by atoms with Crippen LogP contribution in [0.1, 0.15) is 17.3 Å².